The molecule has 0 aliphatic rings. The Morgan fingerprint density at radius 1 is 1.40 bits per heavy atom. The van der Waals surface area contributed by atoms with Crippen molar-refractivity contribution in [3.63, 3.8) is 0 Å². The molecule has 0 radical (unpaired) electrons. The summed E-state index contributed by atoms with van der Waals surface area (Å²) in [6.07, 6.45) is 1.96. The Hall–Kier alpha value is -1.99. The van der Waals surface area contributed by atoms with Gasteiger partial charge in [-0.25, -0.2) is 9.97 Å². The maximum absolute atomic E-state index is 8.54. The van der Waals surface area contributed by atoms with Gasteiger partial charge in [0.25, 0.3) is 0 Å². The van der Waals surface area contributed by atoms with Crippen molar-refractivity contribution in [2.24, 2.45) is 5.73 Å². The summed E-state index contributed by atoms with van der Waals surface area (Å²) >= 11 is 0. The molecule has 4 nitrogen and oxygen atoms in total. The van der Waals surface area contributed by atoms with Gasteiger partial charge in [0.15, 0.2) is 5.65 Å². The maximum Gasteiger partial charge on any atom is 0.159 e. The van der Waals surface area contributed by atoms with E-state index in [9.17, 15) is 0 Å². The summed E-state index contributed by atoms with van der Waals surface area (Å²) in [4.78, 5) is 8.44. The molecule has 0 amide bonds. The maximum atomic E-state index is 8.54. The highest BCUT2D eigenvalue weighted by atomic mass is 14.9. The van der Waals surface area contributed by atoms with Crippen LogP contribution in [0.1, 0.15) is 18.2 Å². The smallest absolute Gasteiger partial charge is 0.159 e. The normalized spacial score (nSPS) is 12.3. The molecule has 2 rings (SSSR count). The van der Waals surface area contributed by atoms with Crippen LogP contribution in [-0.4, -0.2) is 9.97 Å². The molecular weight excluding hydrogens is 188 g/mol. The molecule has 0 saturated heterocycles. The number of nitrogens with zero attached hydrogens (tertiary/aromatic N) is 3. The third kappa shape index (κ3) is 1.92. The van der Waals surface area contributed by atoms with Gasteiger partial charge in [-0.05, 0) is 24.3 Å². The fraction of sp³-hybridized carbons (Fsp3) is 0.182. The number of fused-ring (bicyclic) bond motifs is 1. The lowest BCUT2D eigenvalue weighted by molar-refractivity contribution is 0.723. The zero-order valence-electron chi connectivity index (χ0n) is 8.09. The first kappa shape index (κ1) is 9.56. The zero-order chi connectivity index (χ0) is 10.7. The van der Waals surface area contributed by atoms with Crippen LogP contribution in [0.15, 0.2) is 30.5 Å². The second kappa shape index (κ2) is 4.03. The van der Waals surface area contributed by atoms with E-state index >= 15 is 0 Å². The molecule has 0 spiro atoms. The third-order valence-electron chi connectivity index (χ3n) is 2.18. The standard InChI is InChI=1S/C11H10N4/c12-6-5-9(13)10-4-3-8-2-1-7-14-11(8)15-10/h1-4,7,9H,5,13H2. The number of pyridine rings is 2. The van der Waals surface area contributed by atoms with E-state index in [1.807, 2.05) is 30.3 Å². The van der Waals surface area contributed by atoms with E-state index in [0.717, 1.165) is 5.39 Å². The van der Waals surface area contributed by atoms with Crippen molar-refractivity contribution in [2.75, 3.05) is 0 Å². The minimum absolute atomic E-state index is 0.269. The van der Waals surface area contributed by atoms with Crippen LogP contribution in [0.2, 0.25) is 0 Å². The Bertz CT molecular complexity index is 515. The first-order valence-corrected chi connectivity index (χ1v) is 4.65. The highest BCUT2D eigenvalue weighted by Gasteiger charge is 2.07. The van der Waals surface area contributed by atoms with Gasteiger partial charge < -0.3 is 5.73 Å². The molecule has 4 heteroatoms. The van der Waals surface area contributed by atoms with Crippen molar-refractivity contribution in [1.29, 1.82) is 5.26 Å². The van der Waals surface area contributed by atoms with E-state index in [2.05, 4.69) is 9.97 Å². The Balaban J connectivity index is 2.43. The summed E-state index contributed by atoms with van der Waals surface area (Å²) in [5.41, 5.74) is 7.16. The first-order valence-electron chi connectivity index (χ1n) is 4.65. The van der Waals surface area contributed by atoms with Gasteiger partial charge in [-0.1, -0.05) is 0 Å². The van der Waals surface area contributed by atoms with Crippen LogP contribution in [0.4, 0.5) is 0 Å². The Morgan fingerprint density at radius 3 is 3.07 bits per heavy atom. The molecule has 2 aromatic rings. The summed E-state index contributed by atoms with van der Waals surface area (Å²) < 4.78 is 0. The van der Waals surface area contributed by atoms with Gasteiger partial charge in [-0.2, -0.15) is 5.26 Å². The molecule has 0 aliphatic carbocycles. The van der Waals surface area contributed by atoms with Crippen molar-refractivity contribution in [2.45, 2.75) is 12.5 Å². The molecule has 0 fully saturated rings. The van der Waals surface area contributed by atoms with Crippen LogP contribution >= 0.6 is 0 Å². The molecule has 15 heavy (non-hydrogen) atoms. The SMILES string of the molecule is N#CCC(N)c1ccc2cccnc2n1. The number of hydrogen-bond acceptors (Lipinski definition) is 4. The highest BCUT2D eigenvalue weighted by Crippen LogP contribution is 2.15. The molecule has 74 valence electrons. The van der Waals surface area contributed by atoms with E-state index in [0.29, 0.717) is 11.3 Å². The lowest BCUT2D eigenvalue weighted by atomic mass is 10.1. The quantitative estimate of drug-likeness (QED) is 0.794. The zero-order valence-corrected chi connectivity index (χ0v) is 8.09. The van der Waals surface area contributed by atoms with Crippen molar-refractivity contribution in [3.05, 3.63) is 36.2 Å². The van der Waals surface area contributed by atoms with E-state index in [4.69, 9.17) is 11.0 Å². The number of aromatic nitrogens is 2. The van der Waals surface area contributed by atoms with Gasteiger partial charge in [0.2, 0.25) is 0 Å². The van der Waals surface area contributed by atoms with Crippen LogP contribution < -0.4 is 5.73 Å². The topological polar surface area (TPSA) is 75.6 Å². The molecule has 0 saturated carbocycles. The van der Waals surface area contributed by atoms with Crippen LogP contribution in [-0.2, 0) is 0 Å². The van der Waals surface area contributed by atoms with Crippen LogP contribution in [0, 0.1) is 11.3 Å². The predicted octanol–water partition coefficient (Wildman–Crippen LogP) is 1.54. The van der Waals surface area contributed by atoms with Gasteiger partial charge >= 0.3 is 0 Å². The van der Waals surface area contributed by atoms with Crippen molar-refractivity contribution >= 4 is 11.0 Å². The molecule has 1 unspecified atom stereocenters. The van der Waals surface area contributed by atoms with Gasteiger partial charge in [0.05, 0.1) is 24.2 Å². The third-order valence-corrected chi connectivity index (χ3v) is 2.18. The average Bonchev–Trinajstić information content (AvgIpc) is 2.29. The summed E-state index contributed by atoms with van der Waals surface area (Å²) in [7, 11) is 0. The van der Waals surface area contributed by atoms with Gasteiger partial charge in [0.1, 0.15) is 0 Å². The molecule has 0 aliphatic heterocycles. The van der Waals surface area contributed by atoms with Gasteiger partial charge in [0, 0.05) is 11.6 Å². The van der Waals surface area contributed by atoms with E-state index in [-0.39, 0.29) is 12.5 Å². The van der Waals surface area contributed by atoms with Crippen molar-refractivity contribution in [1.82, 2.24) is 9.97 Å². The predicted molar refractivity (Wildman–Crippen MR) is 56.7 cm³/mol. The summed E-state index contributed by atoms with van der Waals surface area (Å²) in [6.45, 7) is 0. The number of nitriles is 1. The molecule has 0 bridgehead atoms. The minimum atomic E-state index is -0.332. The van der Waals surface area contributed by atoms with Crippen LogP contribution in [0.25, 0.3) is 11.0 Å². The molecule has 2 N–H and O–H groups in total. The summed E-state index contributed by atoms with van der Waals surface area (Å²) in [6, 6.07) is 9.25. The lowest BCUT2D eigenvalue weighted by Gasteiger charge is -2.06. The fourth-order valence-electron chi connectivity index (χ4n) is 1.38. The van der Waals surface area contributed by atoms with E-state index in [1.54, 1.807) is 6.20 Å². The van der Waals surface area contributed by atoms with Gasteiger partial charge in [-0.3, -0.25) is 0 Å². The molecule has 2 heterocycles. The van der Waals surface area contributed by atoms with Gasteiger partial charge in [-0.15, -0.1) is 0 Å². The molecule has 1 atom stereocenters. The average molecular weight is 198 g/mol. The largest absolute Gasteiger partial charge is 0.322 e. The first-order chi connectivity index (χ1) is 7.31. The lowest BCUT2D eigenvalue weighted by Crippen LogP contribution is -2.11. The van der Waals surface area contributed by atoms with E-state index in [1.165, 1.54) is 0 Å². The van der Waals surface area contributed by atoms with Crippen LogP contribution in [0.5, 0.6) is 0 Å². The second-order valence-corrected chi connectivity index (χ2v) is 3.25. The Kier molecular flexibility index (Phi) is 2.57. The Labute approximate surface area is 87.4 Å². The minimum Gasteiger partial charge on any atom is -0.322 e. The highest BCUT2D eigenvalue weighted by molar-refractivity contribution is 5.74. The van der Waals surface area contributed by atoms with E-state index < -0.39 is 0 Å². The number of nitrogens with two attached hydrogens (primary N) is 1. The monoisotopic (exact) mass is 198 g/mol. The van der Waals surface area contributed by atoms with Crippen molar-refractivity contribution in [3.8, 4) is 6.07 Å². The number of rotatable bonds is 2. The summed E-state index contributed by atoms with van der Waals surface area (Å²) in [5, 5.41) is 9.52. The number of hydrogen-bond donors (Lipinski definition) is 1. The van der Waals surface area contributed by atoms with Crippen LogP contribution in [0.3, 0.4) is 0 Å². The van der Waals surface area contributed by atoms with Crippen molar-refractivity contribution < 1.29 is 0 Å². The Morgan fingerprint density at radius 2 is 2.27 bits per heavy atom. The molecular formula is C11H10N4. The molecule has 2 aromatic heterocycles. The molecule has 0 aromatic carbocycles. The fourth-order valence-corrected chi connectivity index (χ4v) is 1.38. The second-order valence-electron chi connectivity index (χ2n) is 3.25. The summed E-state index contributed by atoms with van der Waals surface area (Å²) in [5.74, 6) is 0.